The van der Waals surface area contributed by atoms with Gasteiger partial charge in [-0.25, -0.2) is 9.99 Å². The van der Waals surface area contributed by atoms with Crippen molar-refractivity contribution in [3.05, 3.63) is 65.5 Å². The number of amides is 2. The predicted octanol–water partition coefficient (Wildman–Crippen LogP) is 4.13. The number of rotatable bonds is 5. The van der Waals surface area contributed by atoms with Gasteiger partial charge < -0.3 is 0 Å². The highest BCUT2D eigenvalue weighted by Gasteiger charge is 2.26. The fourth-order valence-corrected chi connectivity index (χ4v) is 3.94. The van der Waals surface area contributed by atoms with Crippen LogP contribution in [0.15, 0.2) is 65.8 Å². The molecule has 2 aromatic carbocycles. The summed E-state index contributed by atoms with van der Waals surface area (Å²) in [6, 6.07) is 18.3. The van der Waals surface area contributed by atoms with Crippen molar-refractivity contribution in [3.63, 3.8) is 0 Å². The predicted molar refractivity (Wildman–Crippen MR) is 117 cm³/mol. The van der Waals surface area contributed by atoms with Gasteiger partial charge in [-0.05, 0) is 12.1 Å². The van der Waals surface area contributed by atoms with Gasteiger partial charge in [0, 0.05) is 25.3 Å². The van der Waals surface area contributed by atoms with E-state index in [1.807, 2.05) is 36.4 Å². The van der Waals surface area contributed by atoms with E-state index in [9.17, 15) is 14.4 Å². The summed E-state index contributed by atoms with van der Waals surface area (Å²) in [5.41, 5.74) is 2.18. The van der Waals surface area contributed by atoms with Crippen LogP contribution in [0, 0.1) is 0 Å². The van der Waals surface area contributed by atoms with Gasteiger partial charge in [0.15, 0.2) is 10.9 Å². The first-order valence-corrected chi connectivity index (χ1v) is 10.2. The third-order valence-electron chi connectivity index (χ3n) is 4.51. The zero-order valence-corrected chi connectivity index (χ0v) is 17.0. The maximum absolute atomic E-state index is 12.8. The molecule has 0 fully saturated rings. The van der Waals surface area contributed by atoms with Gasteiger partial charge in [-0.3, -0.25) is 19.7 Å². The minimum absolute atomic E-state index is 0.122. The van der Waals surface area contributed by atoms with Crippen LogP contribution < -0.4 is 10.3 Å². The lowest BCUT2D eigenvalue weighted by atomic mass is 10.1. The molecule has 0 spiro atoms. The van der Waals surface area contributed by atoms with Crippen molar-refractivity contribution in [2.75, 3.05) is 10.3 Å². The van der Waals surface area contributed by atoms with Crippen molar-refractivity contribution in [2.24, 2.45) is 5.10 Å². The van der Waals surface area contributed by atoms with E-state index in [4.69, 9.17) is 0 Å². The van der Waals surface area contributed by atoms with E-state index in [0.29, 0.717) is 21.4 Å². The van der Waals surface area contributed by atoms with Crippen LogP contribution in [0.1, 0.15) is 29.4 Å². The normalized spacial score (nSPS) is 13.7. The van der Waals surface area contributed by atoms with E-state index < -0.39 is 5.91 Å². The number of para-hydroxylation sites is 1. The number of carbonyl (C=O) groups is 3. The number of aromatic nitrogens is 1. The molecule has 2 heterocycles. The van der Waals surface area contributed by atoms with Crippen molar-refractivity contribution in [1.82, 2.24) is 4.98 Å². The lowest BCUT2D eigenvalue weighted by Gasteiger charge is -2.22. The second kappa shape index (κ2) is 8.38. The van der Waals surface area contributed by atoms with Crippen LogP contribution in [0.4, 0.5) is 10.8 Å². The maximum atomic E-state index is 12.8. The zero-order chi connectivity index (χ0) is 21.1. The molecule has 8 heteroatoms. The van der Waals surface area contributed by atoms with Crippen LogP contribution in [-0.4, -0.2) is 28.3 Å². The molecule has 0 aliphatic carbocycles. The molecule has 1 aliphatic heterocycles. The Morgan fingerprint density at radius 3 is 2.33 bits per heavy atom. The monoisotopic (exact) mass is 418 g/mol. The average Bonchev–Trinajstić information content (AvgIpc) is 3.19. The number of benzene rings is 2. The first-order chi connectivity index (χ1) is 14.5. The molecule has 1 aliphatic rings. The van der Waals surface area contributed by atoms with Crippen LogP contribution in [0.2, 0.25) is 0 Å². The first kappa shape index (κ1) is 19.7. The number of nitrogens with one attached hydrogen (secondary N) is 1. The summed E-state index contributed by atoms with van der Waals surface area (Å²) in [6.45, 7) is 1.47. The molecule has 0 saturated carbocycles. The molecule has 3 aromatic rings. The summed E-state index contributed by atoms with van der Waals surface area (Å²) < 4.78 is 0. The fraction of sp³-hybridized carbons (Fsp3) is 0.136. The molecule has 30 heavy (non-hydrogen) atoms. The number of ketones is 1. The number of hydrogen-bond donors (Lipinski definition) is 1. The van der Waals surface area contributed by atoms with E-state index in [2.05, 4.69) is 15.4 Å². The molecule has 0 unspecified atom stereocenters. The quantitative estimate of drug-likeness (QED) is 0.631. The number of carbonyl (C=O) groups excluding carboxylic acids is 3. The van der Waals surface area contributed by atoms with E-state index in [0.717, 1.165) is 16.9 Å². The van der Waals surface area contributed by atoms with Crippen molar-refractivity contribution in [1.29, 1.82) is 0 Å². The molecule has 0 saturated heterocycles. The van der Waals surface area contributed by atoms with Crippen molar-refractivity contribution in [2.45, 2.75) is 19.8 Å². The Labute approximate surface area is 177 Å². The van der Waals surface area contributed by atoms with Crippen molar-refractivity contribution < 1.29 is 14.4 Å². The highest BCUT2D eigenvalue weighted by molar-refractivity contribution is 7.18. The van der Waals surface area contributed by atoms with Gasteiger partial charge in [-0.15, -0.1) is 0 Å². The van der Waals surface area contributed by atoms with Gasteiger partial charge in [0.05, 0.1) is 16.3 Å². The third-order valence-corrected chi connectivity index (χ3v) is 5.58. The molecular weight excluding hydrogens is 400 g/mol. The molecule has 2 amide bonds. The molecular formula is C22H18N4O3S. The van der Waals surface area contributed by atoms with Crippen LogP contribution in [0.3, 0.4) is 0 Å². The Kier molecular flexibility index (Phi) is 5.49. The van der Waals surface area contributed by atoms with Crippen molar-refractivity contribution >= 4 is 45.5 Å². The van der Waals surface area contributed by atoms with Crippen LogP contribution >= 0.6 is 11.3 Å². The maximum Gasteiger partial charge on any atom is 0.273 e. The molecule has 0 atom stereocenters. The highest BCUT2D eigenvalue weighted by Crippen LogP contribution is 2.31. The molecule has 4 rings (SSSR count). The minimum atomic E-state index is -0.438. The molecule has 0 radical (unpaired) electrons. The number of thiazole rings is 1. The highest BCUT2D eigenvalue weighted by atomic mass is 32.1. The second-order valence-electron chi connectivity index (χ2n) is 6.66. The van der Waals surface area contributed by atoms with Gasteiger partial charge in [0.25, 0.3) is 5.91 Å². The number of Topliss-reactive ketones (excluding diaryl/α,β-unsaturated/α-hetero) is 1. The number of nitrogens with zero attached hydrogens (tertiary/aromatic N) is 3. The number of anilines is 2. The zero-order valence-electron chi connectivity index (χ0n) is 16.2. The summed E-state index contributed by atoms with van der Waals surface area (Å²) in [6.07, 6.45) is 0.428. The Morgan fingerprint density at radius 2 is 1.67 bits per heavy atom. The summed E-state index contributed by atoms with van der Waals surface area (Å²) in [4.78, 5) is 42.0. The van der Waals surface area contributed by atoms with E-state index in [1.165, 1.54) is 11.9 Å². The second-order valence-corrected chi connectivity index (χ2v) is 7.66. The first-order valence-electron chi connectivity index (χ1n) is 9.37. The van der Waals surface area contributed by atoms with Crippen LogP contribution in [0.5, 0.6) is 0 Å². The lowest BCUT2D eigenvalue weighted by molar-refractivity contribution is -0.118. The van der Waals surface area contributed by atoms with E-state index >= 15 is 0 Å². The third kappa shape index (κ3) is 4.04. The molecule has 150 valence electrons. The smallest absolute Gasteiger partial charge is 0.273 e. The molecule has 0 bridgehead atoms. The van der Waals surface area contributed by atoms with Gasteiger partial charge in [0.2, 0.25) is 5.91 Å². The van der Waals surface area contributed by atoms with Crippen LogP contribution in [0.25, 0.3) is 11.3 Å². The van der Waals surface area contributed by atoms with Crippen LogP contribution in [-0.2, 0) is 9.59 Å². The standard InChI is InChI=1S/C22H18N4O3S/c1-14(27)20-19(15-8-4-2-5-9-15)23-22(30-20)24-21(29)17-12-13-18(28)26(25-17)16-10-6-3-7-11-16/h2-11H,12-13H2,1H3,(H,23,24,29). The van der Waals surface area contributed by atoms with E-state index in [-0.39, 0.29) is 30.2 Å². The summed E-state index contributed by atoms with van der Waals surface area (Å²) >= 11 is 1.12. The Hall–Kier alpha value is -3.65. The summed E-state index contributed by atoms with van der Waals surface area (Å²) in [5, 5.41) is 8.54. The number of hydrogen-bond acceptors (Lipinski definition) is 6. The largest absolute Gasteiger partial charge is 0.297 e. The SMILES string of the molecule is CC(=O)c1sc(NC(=O)C2=NN(c3ccccc3)C(=O)CC2)nc1-c1ccccc1. The summed E-state index contributed by atoms with van der Waals surface area (Å²) in [7, 11) is 0. The van der Waals surface area contributed by atoms with Gasteiger partial charge in [-0.2, -0.15) is 5.10 Å². The average molecular weight is 418 g/mol. The lowest BCUT2D eigenvalue weighted by Crippen LogP contribution is -2.36. The van der Waals surface area contributed by atoms with E-state index in [1.54, 1.807) is 24.3 Å². The Bertz CT molecular complexity index is 1140. The van der Waals surface area contributed by atoms with Crippen molar-refractivity contribution in [3.8, 4) is 11.3 Å². The van der Waals surface area contributed by atoms with Gasteiger partial charge in [0.1, 0.15) is 5.71 Å². The fourth-order valence-electron chi connectivity index (χ4n) is 3.06. The molecule has 7 nitrogen and oxygen atoms in total. The van der Waals surface area contributed by atoms with Gasteiger partial charge in [-0.1, -0.05) is 59.9 Å². The number of hydrazone groups is 1. The minimum Gasteiger partial charge on any atom is -0.297 e. The Balaban J connectivity index is 1.59. The molecule has 1 N–H and O–H groups in total. The molecule has 1 aromatic heterocycles. The van der Waals surface area contributed by atoms with Gasteiger partial charge >= 0.3 is 0 Å². The Morgan fingerprint density at radius 1 is 1.00 bits per heavy atom. The summed E-state index contributed by atoms with van der Waals surface area (Å²) in [5.74, 6) is -0.730. The topological polar surface area (TPSA) is 91.7 Å².